The van der Waals surface area contributed by atoms with Gasteiger partial charge in [-0.25, -0.2) is 12.8 Å². The SMILES string of the molecule is O=C(NCc1cccc(-c2ccc3[nH]ccc3c2)c1)[C@@H]1CCCN1S(=O)(=O)c1ccc(F)cc1. The summed E-state index contributed by atoms with van der Waals surface area (Å²) in [7, 11) is -3.89. The van der Waals surface area contributed by atoms with Crippen molar-refractivity contribution in [2.24, 2.45) is 0 Å². The molecule has 3 aromatic carbocycles. The van der Waals surface area contributed by atoms with E-state index in [1.165, 1.54) is 16.4 Å². The Kier molecular flexibility index (Phi) is 5.93. The van der Waals surface area contributed by atoms with Gasteiger partial charge in [-0.15, -0.1) is 0 Å². The lowest BCUT2D eigenvalue weighted by atomic mass is 10.0. The summed E-state index contributed by atoms with van der Waals surface area (Å²) in [6.45, 7) is 0.551. The molecule has 8 heteroatoms. The molecule has 6 nitrogen and oxygen atoms in total. The van der Waals surface area contributed by atoms with E-state index < -0.39 is 21.9 Å². The van der Waals surface area contributed by atoms with Crippen molar-refractivity contribution in [3.63, 3.8) is 0 Å². The predicted octanol–water partition coefficient (Wildman–Crippen LogP) is 4.44. The van der Waals surface area contributed by atoms with Crippen LogP contribution in [-0.2, 0) is 21.4 Å². The monoisotopic (exact) mass is 477 g/mol. The molecule has 1 amide bonds. The average molecular weight is 478 g/mol. The van der Waals surface area contributed by atoms with Gasteiger partial charge in [-0.05, 0) is 83.4 Å². The van der Waals surface area contributed by atoms with E-state index in [0.29, 0.717) is 19.4 Å². The van der Waals surface area contributed by atoms with Crippen LogP contribution in [0.5, 0.6) is 0 Å². The maximum atomic E-state index is 13.2. The summed E-state index contributed by atoms with van der Waals surface area (Å²) in [6, 6.07) is 20.0. The van der Waals surface area contributed by atoms with Crippen LogP contribution in [0.15, 0.2) is 83.9 Å². The number of benzene rings is 3. The normalized spacial score (nSPS) is 16.7. The Bertz CT molecular complexity index is 1450. The van der Waals surface area contributed by atoms with Crippen molar-refractivity contribution in [1.29, 1.82) is 0 Å². The number of carbonyl (C=O) groups excluding carboxylic acids is 1. The summed E-state index contributed by atoms with van der Waals surface area (Å²) >= 11 is 0. The highest BCUT2D eigenvalue weighted by atomic mass is 32.2. The van der Waals surface area contributed by atoms with Crippen LogP contribution < -0.4 is 5.32 Å². The zero-order valence-electron chi connectivity index (χ0n) is 18.4. The number of H-pyrrole nitrogens is 1. The molecular formula is C26H24FN3O3S. The topological polar surface area (TPSA) is 82.3 Å². The van der Waals surface area contributed by atoms with Crippen LogP contribution in [0.4, 0.5) is 4.39 Å². The van der Waals surface area contributed by atoms with E-state index in [-0.39, 0.29) is 17.3 Å². The van der Waals surface area contributed by atoms with E-state index in [9.17, 15) is 17.6 Å². The summed E-state index contributed by atoms with van der Waals surface area (Å²) in [5.74, 6) is -0.841. The number of sulfonamides is 1. The fourth-order valence-corrected chi connectivity index (χ4v) is 6.09. The second-order valence-corrected chi connectivity index (χ2v) is 10.3. The highest BCUT2D eigenvalue weighted by molar-refractivity contribution is 7.89. The first-order valence-corrected chi connectivity index (χ1v) is 12.6. The molecular weight excluding hydrogens is 453 g/mol. The standard InChI is InChI=1S/C26H24FN3O3S/c27-22-7-9-23(10-8-22)34(32,33)30-14-2-5-25(30)26(31)29-17-18-3-1-4-19(15-18)20-6-11-24-21(16-20)12-13-28-24/h1,3-4,6-13,15-16,25,28H,2,5,14,17H2,(H,29,31)/t25-/m0/s1. The second-order valence-electron chi connectivity index (χ2n) is 8.43. The fraction of sp³-hybridized carbons (Fsp3) is 0.192. The zero-order valence-corrected chi connectivity index (χ0v) is 19.2. The molecule has 1 aliphatic heterocycles. The number of aromatic amines is 1. The van der Waals surface area contributed by atoms with E-state index in [1.807, 2.05) is 48.7 Å². The molecule has 0 bridgehead atoms. The van der Waals surface area contributed by atoms with E-state index in [0.717, 1.165) is 39.7 Å². The molecule has 1 aromatic heterocycles. The van der Waals surface area contributed by atoms with Gasteiger partial charge in [0, 0.05) is 24.8 Å². The molecule has 0 unspecified atom stereocenters. The lowest BCUT2D eigenvalue weighted by molar-refractivity contribution is -0.124. The predicted molar refractivity (Wildman–Crippen MR) is 129 cm³/mol. The van der Waals surface area contributed by atoms with Crippen LogP contribution in [-0.4, -0.2) is 36.2 Å². The smallest absolute Gasteiger partial charge is 0.243 e. The number of nitrogens with zero attached hydrogens (tertiary/aromatic N) is 1. The molecule has 34 heavy (non-hydrogen) atoms. The van der Waals surface area contributed by atoms with Crippen LogP contribution >= 0.6 is 0 Å². The molecule has 4 aromatic rings. The van der Waals surface area contributed by atoms with Crippen LogP contribution in [0, 0.1) is 5.82 Å². The van der Waals surface area contributed by atoms with Gasteiger partial charge in [-0.1, -0.05) is 24.3 Å². The van der Waals surface area contributed by atoms with Gasteiger partial charge in [0.25, 0.3) is 0 Å². The molecule has 5 rings (SSSR count). The molecule has 1 aliphatic rings. The molecule has 1 saturated heterocycles. The van der Waals surface area contributed by atoms with Crippen LogP contribution in [0.3, 0.4) is 0 Å². The van der Waals surface area contributed by atoms with Gasteiger partial charge in [-0.2, -0.15) is 4.31 Å². The molecule has 2 N–H and O–H groups in total. The molecule has 1 fully saturated rings. The van der Waals surface area contributed by atoms with Crippen LogP contribution in [0.25, 0.3) is 22.0 Å². The van der Waals surface area contributed by atoms with Crippen molar-refractivity contribution in [2.45, 2.75) is 30.3 Å². The molecule has 0 saturated carbocycles. The number of amides is 1. The first kappa shape index (κ1) is 22.3. The highest BCUT2D eigenvalue weighted by Gasteiger charge is 2.39. The van der Waals surface area contributed by atoms with Gasteiger partial charge in [0.1, 0.15) is 11.9 Å². The summed E-state index contributed by atoms with van der Waals surface area (Å²) in [4.78, 5) is 16.1. The number of rotatable bonds is 6. The second kappa shape index (κ2) is 9.04. The third-order valence-electron chi connectivity index (χ3n) is 6.21. The van der Waals surface area contributed by atoms with Crippen molar-refractivity contribution in [1.82, 2.24) is 14.6 Å². The average Bonchev–Trinajstić information content (AvgIpc) is 3.53. The minimum Gasteiger partial charge on any atom is -0.361 e. The van der Waals surface area contributed by atoms with Crippen molar-refractivity contribution >= 4 is 26.8 Å². The lowest BCUT2D eigenvalue weighted by Gasteiger charge is -2.23. The van der Waals surface area contributed by atoms with Crippen LogP contribution in [0.2, 0.25) is 0 Å². The summed E-state index contributed by atoms with van der Waals surface area (Å²) in [5, 5.41) is 4.02. The largest absolute Gasteiger partial charge is 0.361 e. The van der Waals surface area contributed by atoms with E-state index >= 15 is 0 Å². The maximum Gasteiger partial charge on any atom is 0.243 e. The van der Waals surface area contributed by atoms with Gasteiger partial charge in [0.2, 0.25) is 15.9 Å². The molecule has 0 spiro atoms. The number of nitrogens with one attached hydrogen (secondary N) is 2. The third-order valence-corrected chi connectivity index (χ3v) is 8.13. The highest BCUT2D eigenvalue weighted by Crippen LogP contribution is 2.27. The zero-order chi connectivity index (χ0) is 23.7. The van der Waals surface area contributed by atoms with Crippen molar-refractivity contribution in [2.75, 3.05) is 6.54 Å². The first-order valence-electron chi connectivity index (χ1n) is 11.1. The van der Waals surface area contributed by atoms with E-state index in [1.54, 1.807) is 0 Å². The summed E-state index contributed by atoms with van der Waals surface area (Å²) in [5.41, 5.74) is 4.11. The minimum atomic E-state index is -3.89. The quantitative estimate of drug-likeness (QED) is 0.431. The minimum absolute atomic E-state index is 0.0132. The van der Waals surface area contributed by atoms with Crippen LogP contribution in [0.1, 0.15) is 18.4 Å². The Morgan fingerprint density at radius 2 is 1.82 bits per heavy atom. The van der Waals surface area contributed by atoms with E-state index in [2.05, 4.69) is 16.4 Å². The van der Waals surface area contributed by atoms with Gasteiger partial charge in [0.15, 0.2) is 0 Å². The number of hydrogen-bond donors (Lipinski definition) is 2. The van der Waals surface area contributed by atoms with Crippen molar-refractivity contribution < 1.29 is 17.6 Å². The fourth-order valence-electron chi connectivity index (χ4n) is 4.43. The number of carbonyl (C=O) groups is 1. The molecule has 0 radical (unpaired) electrons. The molecule has 174 valence electrons. The van der Waals surface area contributed by atoms with Crippen molar-refractivity contribution in [3.05, 3.63) is 90.4 Å². The van der Waals surface area contributed by atoms with Gasteiger partial charge in [0.05, 0.1) is 4.90 Å². The number of hydrogen-bond acceptors (Lipinski definition) is 3. The Morgan fingerprint density at radius 3 is 2.65 bits per heavy atom. The number of fused-ring (bicyclic) bond motifs is 1. The Balaban J connectivity index is 1.29. The van der Waals surface area contributed by atoms with Gasteiger partial charge >= 0.3 is 0 Å². The van der Waals surface area contributed by atoms with Crippen molar-refractivity contribution in [3.8, 4) is 11.1 Å². The number of halogens is 1. The lowest BCUT2D eigenvalue weighted by Crippen LogP contribution is -2.45. The summed E-state index contributed by atoms with van der Waals surface area (Å²) in [6.07, 6.45) is 2.95. The molecule has 1 atom stereocenters. The Morgan fingerprint density at radius 1 is 1.03 bits per heavy atom. The summed E-state index contributed by atoms with van der Waals surface area (Å²) < 4.78 is 40.5. The third kappa shape index (κ3) is 4.34. The molecule has 2 heterocycles. The number of aromatic nitrogens is 1. The first-order chi connectivity index (χ1) is 16.4. The maximum absolute atomic E-state index is 13.2. The van der Waals surface area contributed by atoms with Gasteiger partial charge in [-0.3, -0.25) is 4.79 Å². The van der Waals surface area contributed by atoms with Gasteiger partial charge < -0.3 is 10.3 Å². The van der Waals surface area contributed by atoms with E-state index in [4.69, 9.17) is 0 Å². The Hall–Kier alpha value is -3.49. The Labute approximate surface area is 197 Å². The molecule has 0 aliphatic carbocycles.